The molecule has 3 nitrogen and oxygen atoms in total. The lowest BCUT2D eigenvalue weighted by Gasteiger charge is -2.08. The van der Waals surface area contributed by atoms with Gasteiger partial charge in [0.05, 0.1) is 5.69 Å². The van der Waals surface area contributed by atoms with Crippen molar-refractivity contribution in [1.82, 2.24) is 15.0 Å². The van der Waals surface area contributed by atoms with E-state index in [1.54, 1.807) is 4.80 Å². The molecule has 0 saturated carbocycles. The smallest absolute Gasteiger partial charge is 0.121 e. The third-order valence-electron chi connectivity index (χ3n) is 6.68. The van der Waals surface area contributed by atoms with E-state index in [0.29, 0.717) is 0 Å². The monoisotopic (exact) mass is 446 g/mol. The van der Waals surface area contributed by atoms with Crippen molar-refractivity contribution in [3.05, 3.63) is 91.0 Å². The molecule has 1 aliphatic carbocycles. The number of hydrogen-bond acceptors (Lipinski definition) is 2. The first-order chi connectivity index (χ1) is 17.6. The van der Waals surface area contributed by atoms with Gasteiger partial charge in [-0.2, -0.15) is 0 Å². The predicted octanol–water partition coefficient (Wildman–Crippen LogP) is 3.71. The van der Waals surface area contributed by atoms with Crippen LogP contribution in [0.25, 0.3) is 60.5 Å². The summed E-state index contributed by atoms with van der Waals surface area (Å²) in [5.74, 6) is 0. The van der Waals surface area contributed by atoms with Crippen molar-refractivity contribution in [2.45, 2.75) is 0 Å². The highest BCUT2D eigenvalue weighted by Crippen LogP contribution is 2.48. The SMILES string of the molecule is [B][B]B([B])B([B])[B].c1ccc2c(c1)-c1cccc3c(-n4nc5ccc6ccccc6c5n4)ccc-2c13. The summed E-state index contributed by atoms with van der Waals surface area (Å²) >= 11 is 0. The maximum absolute atomic E-state index is 5.19. The Kier molecular flexibility index (Phi) is 5.83. The number of fused-ring (bicyclic) bond motifs is 6. The normalized spacial score (nSPS) is 11.2. The number of rotatable bonds is 3. The first-order valence-electron chi connectivity index (χ1n) is 11.8. The van der Waals surface area contributed by atoms with Gasteiger partial charge in [0.15, 0.2) is 0 Å². The highest BCUT2D eigenvalue weighted by atomic mass is 15.5. The topological polar surface area (TPSA) is 30.7 Å². The summed E-state index contributed by atoms with van der Waals surface area (Å²) in [6, 6.07) is 32.0. The van der Waals surface area contributed by atoms with E-state index in [1.807, 2.05) is 0 Å². The second-order valence-corrected chi connectivity index (χ2v) is 8.90. The third-order valence-corrected chi connectivity index (χ3v) is 6.68. The lowest BCUT2D eigenvalue weighted by atomic mass is 8.76. The maximum atomic E-state index is 5.19. The van der Waals surface area contributed by atoms with E-state index in [2.05, 4.69) is 91.0 Å². The summed E-state index contributed by atoms with van der Waals surface area (Å²) in [6.45, 7) is 0. The molecule has 0 N–H and O–H groups in total. The minimum absolute atomic E-state index is 0.389. The van der Waals surface area contributed by atoms with Gasteiger partial charge >= 0.3 is 0 Å². The molecule has 0 spiro atoms. The van der Waals surface area contributed by atoms with Crippen LogP contribution in [0.4, 0.5) is 0 Å². The Morgan fingerprint density at radius 2 is 1.31 bits per heavy atom. The van der Waals surface area contributed by atoms with Gasteiger partial charge in [-0.1, -0.05) is 78.9 Å². The lowest BCUT2D eigenvalue weighted by molar-refractivity contribution is 0.772. The zero-order valence-corrected chi connectivity index (χ0v) is 19.5. The molecule has 0 fully saturated rings. The second kappa shape index (κ2) is 9.16. The Morgan fingerprint density at radius 3 is 2.03 bits per heavy atom. The molecule has 5 aromatic carbocycles. The number of hydrogen-bond donors (Lipinski definition) is 0. The molecule has 0 unspecified atom stereocenters. The van der Waals surface area contributed by atoms with E-state index in [1.165, 1.54) is 45.5 Å². The van der Waals surface area contributed by atoms with Gasteiger partial charge in [-0.25, -0.2) is 0 Å². The van der Waals surface area contributed by atoms with Gasteiger partial charge in [-0.15, -0.1) is 15.0 Å². The molecular weight excluding hydrogens is 430 g/mol. The molecule has 0 saturated heterocycles. The van der Waals surface area contributed by atoms with Crippen LogP contribution >= 0.6 is 0 Å². The fraction of sp³-hybridized carbons (Fsp3) is 0. The van der Waals surface area contributed by atoms with Gasteiger partial charge in [0, 0.05) is 61.6 Å². The van der Waals surface area contributed by atoms with Gasteiger partial charge in [0.2, 0.25) is 0 Å². The fourth-order valence-electron chi connectivity index (χ4n) is 4.85. The summed E-state index contributed by atoms with van der Waals surface area (Å²) in [4.78, 5) is 1.79. The van der Waals surface area contributed by atoms with Crippen molar-refractivity contribution in [2.75, 3.05) is 0 Å². The Balaban J connectivity index is 0.000000305. The average molecular weight is 445 g/mol. The predicted molar refractivity (Wildman–Crippen MR) is 159 cm³/mol. The minimum atomic E-state index is -0.537. The number of nitrogens with zero attached hydrogens (tertiary/aromatic N) is 3. The van der Waals surface area contributed by atoms with Crippen LogP contribution in [-0.2, 0) is 0 Å². The van der Waals surface area contributed by atoms with E-state index >= 15 is 0 Å². The molecule has 9 radical (unpaired) electrons. The van der Waals surface area contributed by atoms with Crippen LogP contribution < -0.4 is 0 Å². The molecule has 1 aliphatic rings. The van der Waals surface area contributed by atoms with Crippen LogP contribution in [0.15, 0.2) is 91.0 Å². The Bertz CT molecular complexity index is 1720. The first kappa shape index (κ1) is 22.9. The molecule has 10 heteroatoms. The summed E-state index contributed by atoms with van der Waals surface area (Å²) in [5, 5.41) is 14.5. The zero-order valence-electron chi connectivity index (χ0n) is 19.5. The van der Waals surface area contributed by atoms with Crippen molar-refractivity contribution in [2.24, 2.45) is 0 Å². The molecule has 7 rings (SSSR count). The number of benzene rings is 5. The summed E-state index contributed by atoms with van der Waals surface area (Å²) in [6.07, 6.45) is -0.926. The van der Waals surface area contributed by atoms with Crippen molar-refractivity contribution >= 4 is 83.4 Å². The van der Waals surface area contributed by atoms with E-state index in [0.717, 1.165) is 22.1 Å². The van der Waals surface area contributed by atoms with E-state index in [4.69, 9.17) is 41.1 Å². The fourth-order valence-corrected chi connectivity index (χ4v) is 4.85. The molecular formula is C26H15B7N3. The van der Waals surface area contributed by atoms with Crippen molar-refractivity contribution < 1.29 is 0 Å². The minimum Gasteiger partial charge on any atom is -0.150 e. The van der Waals surface area contributed by atoms with Gasteiger partial charge < -0.3 is 0 Å². The second-order valence-electron chi connectivity index (χ2n) is 8.90. The molecule has 155 valence electrons. The Morgan fingerprint density at radius 1 is 0.639 bits per heavy atom. The van der Waals surface area contributed by atoms with Crippen LogP contribution in [0.2, 0.25) is 0 Å². The molecule has 6 aromatic rings. The van der Waals surface area contributed by atoms with Crippen LogP contribution in [-0.4, -0.2) is 65.8 Å². The molecule has 0 bridgehead atoms. The van der Waals surface area contributed by atoms with Crippen molar-refractivity contribution in [3.8, 4) is 27.9 Å². The van der Waals surface area contributed by atoms with Gasteiger partial charge in [0.25, 0.3) is 0 Å². The molecule has 1 aromatic heterocycles. The highest BCUT2D eigenvalue weighted by molar-refractivity contribution is 7.81. The standard InChI is InChI=1S/C26H15N3.B7/c1-2-7-17-16(6-1)12-14-23-26(17)28-29(27-23)24-15-13-21-19-9-4-3-8-18(19)20-10-5-11-22(24)25(20)21;1-5-7(4)6(2)3/h1-15H;. The Labute approximate surface area is 217 Å². The summed E-state index contributed by atoms with van der Waals surface area (Å²) < 4.78 is 0. The highest BCUT2D eigenvalue weighted by Gasteiger charge is 2.22. The van der Waals surface area contributed by atoms with E-state index in [-0.39, 0.29) is 6.39 Å². The van der Waals surface area contributed by atoms with Crippen LogP contribution in [0, 0.1) is 0 Å². The van der Waals surface area contributed by atoms with E-state index in [9.17, 15) is 0 Å². The quantitative estimate of drug-likeness (QED) is 0.389. The van der Waals surface area contributed by atoms with Gasteiger partial charge in [-0.3, -0.25) is 0 Å². The molecule has 1 heterocycles. The maximum Gasteiger partial charge on any atom is 0.121 e. The lowest BCUT2D eigenvalue weighted by Crippen LogP contribution is -2.43. The van der Waals surface area contributed by atoms with Gasteiger partial charge in [0.1, 0.15) is 11.0 Å². The summed E-state index contributed by atoms with van der Waals surface area (Å²) in [5.41, 5.74) is 8.04. The van der Waals surface area contributed by atoms with Gasteiger partial charge in [-0.05, 0) is 45.2 Å². The van der Waals surface area contributed by atoms with Crippen LogP contribution in [0.5, 0.6) is 0 Å². The third kappa shape index (κ3) is 3.71. The first-order valence-corrected chi connectivity index (χ1v) is 11.8. The van der Waals surface area contributed by atoms with Crippen LogP contribution in [0.1, 0.15) is 0 Å². The summed E-state index contributed by atoms with van der Waals surface area (Å²) in [7, 11) is 21.6. The van der Waals surface area contributed by atoms with Crippen LogP contribution in [0.3, 0.4) is 0 Å². The van der Waals surface area contributed by atoms with E-state index < -0.39 is 6.39 Å². The van der Waals surface area contributed by atoms with Crippen molar-refractivity contribution in [3.63, 3.8) is 0 Å². The molecule has 0 amide bonds. The average Bonchev–Trinajstić information content (AvgIpc) is 3.50. The molecule has 36 heavy (non-hydrogen) atoms. The molecule has 0 atom stereocenters. The zero-order chi connectivity index (χ0) is 24.8. The largest absolute Gasteiger partial charge is 0.150 e. The van der Waals surface area contributed by atoms with Crippen molar-refractivity contribution in [1.29, 1.82) is 0 Å². The Hall–Kier alpha value is -3.53. The number of aromatic nitrogens is 3. The molecule has 0 aliphatic heterocycles.